The highest BCUT2D eigenvalue weighted by Crippen LogP contribution is 2.42. The zero-order valence-corrected chi connectivity index (χ0v) is 21.0. The molecule has 0 bridgehead atoms. The molecule has 3 aromatic carbocycles. The second-order valence-electron chi connectivity index (χ2n) is 7.81. The fourth-order valence-corrected chi connectivity index (χ4v) is 4.90. The maximum atomic E-state index is 13.3. The van der Waals surface area contributed by atoms with Crippen LogP contribution in [0.25, 0.3) is 6.08 Å². The molecule has 0 atom stereocenters. The number of nitrogens with one attached hydrogen (secondary N) is 1. The predicted octanol–water partition coefficient (Wildman–Crippen LogP) is 5.20. The molecule has 6 nitrogen and oxygen atoms in total. The number of hydrogen-bond acceptors (Lipinski definition) is 5. The Morgan fingerprint density at radius 3 is 2.51 bits per heavy atom. The van der Waals surface area contributed by atoms with E-state index >= 15 is 0 Å². The first-order valence-corrected chi connectivity index (χ1v) is 12.2. The summed E-state index contributed by atoms with van der Waals surface area (Å²) in [6.45, 7) is 0.362. The van der Waals surface area contributed by atoms with Gasteiger partial charge < -0.3 is 14.8 Å². The number of amides is 2. The molecule has 1 aliphatic heterocycles. The first-order valence-electron chi connectivity index (χ1n) is 11.0. The Morgan fingerprint density at radius 1 is 1.03 bits per heavy atom. The highest BCUT2D eigenvalue weighted by molar-refractivity contribution is 8.04. The van der Waals surface area contributed by atoms with Crippen LogP contribution in [0.4, 0.5) is 5.69 Å². The highest BCUT2D eigenvalue weighted by atomic mass is 35.5. The van der Waals surface area contributed by atoms with Crippen molar-refractivity contribution in [1.82, 2.24) is 5.32 Å². The minimum atomic E-state index is -0.230. The third kappa shape index (κ3) is 5.99. The Bertz CT molecular complexity index is 1260. The first-order chi connectivity index (χ1) is 17.0. The van der Waals surface area contributed by atoms with E-state index in [1.807, 2.05) is 60.7 Å². The van der Waals surface area contributed by atoms with Gasteiger partial charge in [0, 0.05) is 16.5 Å². The highest BCUT2D eigenvalue weighted by Gasteiger charge is 2.30. The van der Waals surface area contributed by atoms with Crippen molar-refractivity contribution < 1.29 is 19.1 Å². The van der Waals surface area contributed by atoms with Gasteiger partial charge >= 0.3 is 0 Å². The zero-order valence-electron chi connectivity index (χ0n) is 19.4. The summed E-state index contributed by atoms with van der Waals surface area (Å²) in [6.07, 6.45) is 2.44. The van der Waals surface area contributed by atoms with Crippen molar-refractivity contribution in [3.05, 3.63) is 87.8 Å². The second-order valence-corrected chi connectivity index (χ2v) is 9.33. The van der Waals surface area contributed by atoms with Crippen molar-refractivity contribution in [2.45, 2.75) is 11.3 Å². The van der Waals surface area contributed by atoms with Crippen molar-refractivity contribution in [3.8, 4) is 11.5 Å². The van der Waals surface area contributed by atoms with Gasteiger partial charge in [-0.05, 0) is 60.0 Å². The Hall–Kier alpha value is -3.42. The summed E-state index contributed by atoms with van der Waals surface area (Å²) in [5.41, 5.74) is 2.60. The van der Waals surface area contributed by atoms with E-state index in [-0.39, 0.29) is 18.4 Å². The van der Waals surface area contributed by atoms with Crippen LogP contribution in [-0.2, 0) is 16.0 Å². The molecule has 0 aromatic heterocycles. The summed E-state index contributed by atoms with van der Waals surface area (Å²) in [7, 11) is 3.18. The lowest BCUT2D eigenvalue weighted by Crippen LogP contribution is -2.43. The van der Waals surface area contributed by atoms with Crippen molar-refractivity contribution in [2.24, 2.45) is 0 Å². The molecule has 0 aliphatic carbocycles. The third-order valence-corrected chi connectivity index (χ3v) is 6.81. The minimum absolute atomic E-state index is 0.0691. The molecule has 0 saturated carbocycles. The number of anilines is 1. The Balaban J connectivity index is 1.44. The van der Waals surface area contributed by atoms with Gasteiger partial charge in [-0.1, -0.05) is 53.7 Å². The van der Waals surface area contributed by atoms with Crippen LogP contribution in [0.2, 0.25) is 5.02 Å². The van der Waals surface area contributed by atoms with Gasteiger partial charge in [0.15, 0.2) is 11.5 Å². The third-order valence-electron chi connectivity index (χ3n) is 5.49. The minimum Gasteiger partial charge on any atom is -0.493 e. The lowest BCUT2D eigenvalue weighted by Gasteiger charge is -2.29. The molecular formula is C27H25ClN2O4S. The van der Waals surface area contributed by atoms with Gasteiger partial charge in [-0.2, -0.15) is 0 Å². The number of hydrogen-bond donors (Lipinski definition) is 1. The molecule has 3 aromatic rings. The topological polar surface area (TPSA) is 67.9 Å². The fourth-order valence-electron chi connectivity index (χ4n) is 3.71. The number of carbonyl (C=O) groups excluding carboxylic acids is 2. The summed E-state index contributed by atoms with van der Waals surface area (Å²) in [5, 5.41) is 3.55. The number of methoxy groups -OCH3 is 2. The maximum Gasteiger partial charge on any atom is 0.265 e. The lowest BCUT2D eigenvalue weighted by molar-refractivity contribution is -0.122. The molecule has 0 spiro atoms. The second kappa shape index (κ2) is 11.3. The normalized spacial score (nSPS) is 14.0. The molecule has 0 saturated heterocycles. The van der Waals surface area contributed by atoms with Gasteiger partial charge in [0.25, 0.3) is 5.91 Å². The monoisotopic (exact) mass is 508 g/mol. The molecule has 4 rings (SSSR count). The summed E-state index contributed by atoms with van der Waals surface area (Å²) >= 11 is 7.38. The predicted molar refractivity (Wildman–Crippen MR) is 140 cm³/mol. The van der Waals surface area contributed by atoms with Gasteiger partial charge in [-0.25, -0.2) is 0 Å². The van der Waals surface area contributed by atoms with E-state index in [0.29, 0.717) is 34.4 Å². The summed E-state index contributed by atoms with van der Waals surface area (Å²) in [4.78, 5) is 29.1. The number of nitrogens with zero attached hydrogens (tertiary/aromatic N) is 1. The smallest absolute Gasteiger partial charge is 0.265 e. The molecule has 35 heavy (non-hydrogen) atoms. The maximum absolute atomic E-state index is 13.3. The van der Waals surface area contributed by atoms with E-state index in [1.165, 1.54) is 16.7 Å². The fraction of sp³-hybridized carbons (Fsp3) is 0.185. The van der Waals surface area contributed by atoms with Crippen LogP contribution in [0.15, 0.2) is 76.5 Å². The van der Waals surface area contributed by atoms with Crippen LogP contribution >= 0.6 is 23.4 Å². The van der Waals surface area contributed by atoms with Crippen molar-refractivity contribution in [3.63, 3.8) is 0 Å². The standard InChI is InChI=1S/C27H25ClN2O4S/c1-33-22-12-9-19(15-23(22)34-2)13-14-29-26(31)17-30-21-5-3-4-6-24(21)35-25(27(30)32)16-18-7-10-20(28)11-8-18/h3-12,15-16H,13-14,17H2,1-2H3,(H,29,31). The number of carbonyl (C=O) groups is 2. The average molecular weight is 509 g/mol. The van der Waals surface area contributed by atoms with Crippen molar-refractivity contribution in [2.75, 3.05) is 32.2 Å². The molecule has 2 amide bonds. The number of ether oxygens (including phenoxy) is 2. The zero-order chi connectivity index (χ0) is 24.8. The van der Waals surface area contributed by atoms with E-state index in [1.54, 1.807) is 26.4 Å². The molecule has 0 radical (unpaired) electrons. The molecule has 8 heteroatoms. The number of thioether (sulfide) groups is 1. The van der Waals surface area contributed by atoms with E-state index in [2.05, 4.69) is 5.32 Å². The van der Waals surface area contributed by atoms with Crippen LogP contribution in [0.1, 0.15) is 11.1 Å². The van der Waals surface area contributed by atoms with Crippen LogP contribution in [0.3, 0.4) is 0 Å². The van der Waals surface area contributed by atoms with Gasteiger partial charge in [0.1, 0.15) is 6.54 Å². The lowest BCUT2D eigenvalue weighted by atomic mass is 10.1. The van der Waals surface area contributed by atoms with Crippen LogP contribution < -0.4 is 19.7 Å². The summed E-state index contributed by atoms with van der Waals surface area (Å²) in [5.74, 6) is 0.859. The van der Waals surface area contributed by atoms with Crippen LogP contribution in [0.5, 0.6) is 11.5 Å². The quantitative estimate of drug-likeness (QED) is 0.424. The van der Waals surface area contributed by atoms with E-state index in [0.717, 1.165) is 21.7 Å². The Morgan fingerprint density at radius 2 is 1.77 bits per heavy atom. The van der Waals surface area contributed by atoms with Crippen molar-refractivity contribution in [1.29, 1.82) is 0 Å². The molecular weight excluding hydrogens is 484 g/mol. The van der Waals surface area contributed by atoms with E-state index in [9.17, 15) is 9.59 Å². The van der Waals surface area contributed by atoms with Gasteiger partial charge in [-0.15, -0.1) is 0 Å². The number of benzene rings is 3. The number of halogens is 1. The number of para-hydroxylation sites is 1. The largest absolute Gasteiger partial charge is 0.493 e. The SMILES string of the molecule is COc1ccc(CCNC(=O)CN2C(=O)C(=Cc3ccc(Cl)cc3)Sc3ccccc32)cc1OC. The van der Waals surface area contributed by atoms with Gasteiger partial charge in [-0.3, -0.25) is 14.5 Å². The Kier molecular flexibility index (Phi) is 8.00. The van der Waals surface area contributed by atoms with E-state index < -0.39 is 0 Å². The van der Waals surface area contributed by atoms with E-state index in [4.69, 9.17) is 21.1 Å². The average Bonchev–Trinajstić information content (AvgIpc) is 2.87. The molecule has 0 unspecified atom stereocenters. The van der Waals surface area contributed by atoms with Crippen LogP contribution in [0, 0.1) is 0 Å². The number of fused-ring (bicyclic) bond motifs is 1. The molecule has 180 valence electrons. The Labute approximate surface area is 213 Å². The summed E-state index contributed by atoms with van der Waals surface area (Å²) in [6, 6.07) is 20.5. The van der Waals surface area contributed by atoms with Crippen molar-refractivity contribution >= 4 is 46.9 Å². The molecule has 0 fully saturated rings. The van der Waals surface area contributed by atoms with Crippen LogP contribution in [-0.4, -0.2) is 39.1 Å². The molecule has 1 aliphatic rings. The number of rotatable bonds is 8. The molecule has 1 N–H and O–H groups in total. The van der Waals surface area contributed by atoms with Gasteiger partial charge in [0.05, 0.1) is 24.8 Å². The first kappa shape index (κ1) is 24.7. The molecule has 1 heterocycles. The summed E-state index contributed by atoms with van der Waals surface area (Å²) < 4.78 is 10.6. The van der Waals surface area contributed by atoms with Gasteiger partial charge in [0.2, 0.25) is 5.91 Å².